The third kappa shape index (κ3) is 3.71. The minimum atomic E-state index is -3.14. The van der Waals surface area contributed by atoms with Crippen LogP contribution in [0.4, 0.5) is 0 Å². The highest BCUT2D eigenvalue weighted by Gasteiger charge is 2.33. The molecular weight excluding hydrogens is 280 g/mol. The normalized spacial score (nSPS) is 29.5. The lowest BCUT2D eigenvalue weighted by atomic mass is 9.96. The molecule has 2 N–H and O–H groups in total. The number of nitrogens with one attached hydrogen (secondary N) is 1. The average molecular weight is 304 g/mol. The van der Waals surface area contributed by atoms with Crippen molar-refractivity contribution in [3.8, 4) is 0 Å². The van der Waals surface area contributed by atoms with Crippen molar-refractivity contribution in [1.29, 1.82) is 0 Å². The summed E-state index contributed by atoms with van der Waals surface area (Å²) in [5.74, 6) is 0.0894. The number of hydrogen-bond donors (Lipinski definition) is 2. The molecule has 0 radical (unpaired) electrons. The highest BCUT2D eigenvalue weighted by atomic mass is 32.2. The van der Waals surface area contributed by atoms with Gasteiger partial charge in [-0.2, -0.15) is 0 Å². The fraction of sp³-hybridized carbons (Fsp3) is 0.923. The van der Waals surface area contributed by atoms with Gasteiger partial charge in [0.2, 0.25) is 15.9 Å². The molecule has 116 valence electrons. The second-order valence-electron chi connectivity index (χ2n) is 5.92. The van der Waals surface area contributed by atoms with Crippen LogP contribution in [0, 0.1) is 11.8 Å². The number of piperidine rings is 1. The summed E-state index contributed by atoms with van der Waals surface area (Å²) in [6.07, 6.45) is 5.30. The summed E-state index contributed by atoms with van der Waals surface area (Å²) < 4.78 is 24.3. The van der Waals surface area contributed by atoms with Gasteiger partial charge in [0.15, 0.2) is 0 Å². The van der Waals surface area contributed by atoms with E-state index in [9.17, 15) is 18.3 Å². The van der Waals surface area contributed by atoms with Crippen molar-refractivity contribution >= 4 is 15.9 Å². The molecular formula is C13H24N2O4S. The maximum absolute atomic E-state index is 12.2. The lowest BCUT2D eigenvalue weighted by Crippen LogP contribution is -2.46. The minimum absolute atomic E-state index is 0.0171. The molecule has 2 unspecified atom stereocenters. The van der Waals surface area contributed by atoms with E-state index in [1.165, 1.54) is 10.6 Å². The van der Waals surface area contributed by atoms with E-state index < -0.39 is 10.0 Å². The average Bonchev–Trinajstić information content (AvgIpc) is 2.85. The minimum Gasteiger partial charge on any atom is -0.396 e. The smallest absolute Gasteiger partial charge is 0.223 e. The van der Waals surface area contributed by atoms with Crippen molar-refractivity contribution in [1.82, 2.24) is 9.62 Å². The number of sulfonamides is 1. The molecule has 0 aromatic rings. The molecule has 2 aliphatic rings. The standard InChI is InChI=1S/C13H24N2O4S/c1-20(18,19)15-7-5-10(6-8-15)13(17)14-12-4-2-3-11(12)9-16/h10-12,16H,2-9H2,1H3,(H,14,17). The van der Waals surface area contributed by atoms with Crippen molar-refractivity contribution in [2.24, 2.45) is 11.8 Å². The van der Waals surface area contributed by atoms with Gasteiger partial charge in [-0.05, 0) is 25.7 Å². The number of aliphatic hydroxyl groups excluding tert-OH is 1. The van der Waals surface area contributed by atoms with Crippen molar-refractivity contribution in [3.63, 3.8) is 0 Å². The lowest BCUT2D eigenvalue weighted by molar-refractivity contribution is -0.127. The van der Waals surface area contributed by atoms with Crippen LogP contribution in [0.15, 0.2) is 0 Å². The summed E-state index contributed by atoms with van der Waals surface area (Å²) in [5, 5.41) is 12.3. The van der Waals surface area contributed by atoms with Gasteiger partial charge >= 0.3 is 0 Å². The zero-order valence-electron chi connectivity index (χ0n) is 11.9. The highest BCUT2D eigenvalue weighted by molar-refractivity contribution is 7.88. The molecule has 0 aromatic heterocycles. The van der Waals surface area contributed by atoms with Gasteiger partial charge in [0.25, 0.3) is 0 Å². The summed E-state index contributed by atoms with van der Waals surface area (Å²) in [5.41, 5.74) is 0. The van der Waals surface area contributed by atoms with Crippen molar-refractivity contribution < 1.29 is 18.3 Å². The molecule has 1 aliphatic heterocycles. The SMILES string of the molecule is CS(=O)(=O)N1CCC(C(=O)NC2CCCC2CO)CC1. The molecule has 1 aliphatic carbocycles. The van der Waals surface area contributed by atoms with E-state index in [-0.39, 0.29) is 30.4 Å². The molecule has 0 aromatic carbocycles. The van der Waals surface area contributed by atoms with Gasteiger partial charge in [-0.25, -0.2) is 12.7 Å². The fourth-order valence-corrected chi connectivity index (χ4v) is 4.07. The Balaban J connectivity index is 1.83. The summed E-state index contributed by atoms with van der Waals surface area (Å²) in [4.78, 5) is 12.2. The second-order valence-corrected chi connectivity index (χ2v) is 7.91. The maximum Gasteiger partial charge on any atom is 0.223 e. The molecule has 0 bridgehead atoms. The van der Waals surface area contributed by atoms with E-state index in [1.54, 1.807) is 0 Å². The van der Waals surface area contributed by atoms with E-state index >= 15 is 0 Å². The summed E-state index contributed by atoms with van der Waals surface area (Å²) in [6.45, 7) is 0.966. The Hall–Kier alpha value is -0.660. The monoisotopic (exact) mass is 304 g/mol. The summed E-state index contributed by atoms with van der Waals surface area (Å²) in [7, 11) is -3.14. The van der Waals surface area contributed by atoms with E-state index in [0.29, 0.717) is 25.9 Å². The predicted octanol–water partition coefficient (Wildman–Crippen LogP) is -0.0648. The molecule has 20 heavy (non-hydrogen) atoms. The Labute approximate surface area is 120 Å². The molecule has 2 fully saturated rings. The molecule has 0 spiro atoms. The number of amides is 1. The number of aliphatic hydroxyl groups is 1. The van der Waals surface area contributed by atoms with Crippen molar-refractivity contribution in [3.05, 3.63) is 0 Å². The Morgan fingerprint density at radius 2 is 1.90 bits per heavy atom. The Bertz CT molecular complexity index is 443. The van der Waals surface area contributed by atoms with Gasteiger partial charge in [0.05, 0.1) is 6.26 Å². The fourth-order valence-electron chi connectivity index (χ4n) is 3.20. The molecule has 1 saturated heterocycles. The van der Waals surface area contributed by atoms with Crippen LogP contribution in [0.2, 0.25) is 0 Å². The van der Waals surface area contributed by atoms with Crippen LogP contribution in [0.3, 0.4) is 0 Å². The van der Waals surface area contributed by atoms with Gasteiger partial charge in [-0.3, -0.25) is 4.79 Å². The van der Waals surface area contributed by atoms with Gasteiger partial charge < -0.3 is 10.4 Å². The van der Waals surface area contributed by atoms with Gasteiger partial charge in [-0.1, -0.05) is 6.42 Å². The topological polar surface area (TPSA) is 86.7 Å². The Kier molecular flexibility index (Phi) is 5.04. The van der Waals surface area contributed by atoms with Crippen molar-refractivity contribution in [2.75, 3.05) is 26.0 Å². The molecule has 6 nitrogen and oxygen atoms in total. The predicted molar refractivity (Wildman–Crippen MR) is 75.5 cm³/mol. The van der Waals surface area contributed by atoms with E-state index in [4.69, 9.17) is 0 Å². The third-order valence-corrected chi connectivity index (χ3v) is 5.82. The first kappa shape index (κ1) is 15.7. The number of carbonyl (C=O) groups is 1. The summed E-state index contributed by atoms with van der Waals surface area (Å²) >= 11 is 0. The zero-order chi connectivity index (χ0) is 14.8. The first-order valence-electron chi connectivity index (χ1n) is 7.28. The highest BCUT2D eigenvalue weighted by Crippen LogP contribution is 2.26. The summed E-state index contributed by atoms with van der Waals surface area (Å²) in [6, 6.07) is 0.0837. The molecule has 1 heterocycles. The molecule has 1 saturated carbocycles. The number of carbonyl (C=O) groups excluding carboxylic acids is 1. The van der Waals surface area contributed by atoms with Crippen LogP contribution >= 0.6 is 0 Å². The maximum atomic E-state index is 12.2. The molecule has 2 rings (SSSR count). The molecule has 1 amide bonds. The lowest BCUT2D eigenvalue weighted by Gasteiger charge is -2.30. The quantitative estimate of drug-likeness (QED) is 0.761. The first-order chi connectivity index (χ1) is 9.41. The zero-order valence-corrected chi connectivity index (χ0v) is 12.7. The first-order valence-corrected chi connectivity index (χ1v) is 9.13. The van der Waals surface area contributed by atoms with Gasteiger partial charge in [0.1, 0.15) is 0 Å². The van der Waals surface area contributed by atoms with Crippen molar-refractivity contribution in [2.45, 2.75) is 38.1 Å². The van der Waals surface area contributed by atoms with Gasteiger partial charge in [0, 0.05) is 37.6 Å². The van der Waals surface area contributed by atoms with Crippen LogP contribution < -0.4 is 5.32 Å². The Morgan fingerprint density at radius 1 is 1.25 bits per heavy atom. The van der Waals surface area contributed by atoms with Gasteiger partial charge in [-0.15, -0.1) is 0 Å². The third-order valence-electron chi connectivity index (χ3n) is 4.51. The second kappa shape index (κ2) is 6.41. The van der Waals surface area contributed by atoms with Crippen LogP contribution in [-0.4, -0.2) is 55.7 Å². The van der Waals surface area contributed by atoms with E-state index in [1.807, 2.05) is 0 Å². The van der Waals surface area contributed by atoms with E-state index in [0.717, 1.165) is 19.3 Å². The van der Waals surface area contributed by atoms with E-state index in [2.05, 4.69) is 5.32 Å². The van der Waals surface area contributed by atoms with Crippen LogP contribution in [0.1, 0.15) is 32.1 Å². The van der Waals surface area contributed by atoms with Crippen LogP contribution in [0.25, 0.3) is 0 Å². The number of nitrogens with zero attached hydrogens (tertiary/aromatic N) is 1. The van der Waals surface area contributed by atoms with Crippen LogP contribution in [0.5, 0.6) is 0 Å². The Morgan fingerprint density at radius 3 is 2.45 bits per heavy atom. The number of hydrogen-bond acceptors (Lipinski definition) is 4. The number of rotatable bonds is 4. The van der Waals surface area contributed by atoms with Crippen LogP contribution in [-0.2, 0) is 14.8 Å². The molecule has 2 atom stereocenters. The molecule has 7 heteroatoms. The largest absolute Gasteiger partial charge is 0.396 e.